The maximum absolute atomic E-state index is 10.9. The zero-order valence-corrected chi connectivity index (χ0v) is 13.5. The number of rotatable bonds is 6. The Kier molecular flexibility index (Phi) is 5.16. The molecule has 0 aliphatic carbocycles. The minimum absolute atomic E-state index is 0.0540. The number of hydrazone groups is 1. The van der Waals surface area contributed by atoms with Crippen LogP contribution in [0.1, 0.15) is 11.1 Å². The van der Waals surface area contributed by atoms with E-state index >= 15 is 0 Å². The molecule has 0 atom stereocenters. The summed E-state index contributed by atoms with van der Waals surface area (Å²) in [6, 6.07) is 26.3. The van der Waals surface area contributed by atoms with Crippen LogP contribution in [0.4, 0.5) is 11.4 Å². The first-order valence-corrected chi connectivity index (χ1v) is 7.87. The fourth-order valence-electron chi connectivity index (χ4n) is 2.41. The third-order valence-corrected chi connectivity index (χ3v) is 3.66. The number of nitro benzene ring substituents is 1. The lowest BCUT2D eigenvalue weighted by molar-refractivity contribution is -0.384. The first-order valence-electron chi connectivity index (χ1n) is 7.87. The van der Waals surface area contributed by atoms with Crippen molar-refractivity contribution in [3.05, 3.63) is 106 Å². The molecular formula is C20H17N3O2. The topological polar surface area (TPSA) is 58.7 Å². The molecule has 0 saturated heterocycles. The zero-order chi connectivity index (χ0) is 17.5. The molecule has 0 N–H and O–H groups in total. The molecule has 0 aromatic heterocycles. The fourth-order valence-corrected chi connectivity index (χ4v) is 2.41. The maximum atomic E-state index is 10.9. The van der Waals surface area contributed by atoms with Crippen molar-refractivity contribution in [1.29, 1.82) is 0 Å². The number of nitro groups is 1. The molecule has 0 spiro atoms. The standard InChI is InChI=1S/C20H17N3O2/c24-23(25)20-13-7-10-18(14-20)15-21-22(19-11-5-2-6-12-19)16-17-8-3-1-4-9-17/h1-15H,16H2. The van der Waals surface area contributed by atoms with Gasteiger partial charge in [0.15, 0.2) is 0 Å². The maximum Gasteiger partial charge on any atom is 0.270 e. The number of hydrogen-bond donors (Lipinski definition) is 0. The molecule has 0 heterocycles. The number of nitrogens with zero attached hydrogens (tertiary/aromatic N) is 3. The quantitative estimate of drug-likeness (QED) is 0.376. The second-order valence-corrected chi connectivity index (χ2v) is 5.48. The summed E-state index contributed by atoms with van der Waals surface area (Å²) in [6.45, 7) is 0.607. The minimum Gasteiger partial charge on any atom is -0.261 e. The Morgan fingerprint density at radius 1 is 0.920 bits per heavy atom. The summed E-state index contributed by atoms with van der Waals surface area (Å²) >= 11 is 0. The zero-order valence-electron chi connectivity index (χ0n) is 13.5. The van der Waals surface area contributed by atoms with Gasteiger partial charge in [-0.2, -0.15) is 5.10 Å². The van der Waals surface area contributed by atoms with Crippen LogP contribution in [0.2, 0.25) is 0 Å². The molecule has 3 aromatic carbocycles. The normalized spacial score (nSPS) is 10.7. The first-order chi connectivity index (χ1) is 12.2. The molecule has 25 heavy (non-hydrogen) atoms. The number of para-hydroxylation sites is 1. The molecule has 0 unspecified atom stereocenters. The van der Waals surface area contributed by atoms with Crippen molar-refractivity contribution < 1.29 is 4.92 Å². The van der Waals surface area contributed by atoms with Gasteiger partial charge in [-0.15, -0.1) is 0 Å². The molecule has 0 bridgehead atoms. The molecule has 124 valence electrons. The Morgan fingerprint density at radius 2 is 1.60 bits per heavy atom. The summed E-state index contributed by atoms with van der Waals surface area (Å²) in [5.41, 5.74) is 2.82. The first kappa shape index (κ1) is 16.4. The third kappa shape index (κ3) is 4.51. The molecule has 0 amide bonds. The lowest BCUT2D eigenvalue weighted by Crippen LogP contribution is -2.16. The largest absolute Gasteiger partial charge is 0.270 e. The van der Waals surface area contributed by atoms with Crippen molar-refractivity contribution in [2.24, 2.45) is 5.10 Å². The van der Waals surface area contributed by atoms with Crippen LogP contribution in [-0.2, 0) is 6.54 Å². The van der Waals surface area contributed by atoms with E-state index < -0.39 is 4.92 Å². The highest BCUT2D eigenvalue weighted by Crippen LogP contribution is 2.18. The number of benzene rings is 3. The smallest absolute Gasteiger partial charge is 0.261 e. The summed E-state index contributed by atoms with van der Waals surface area (Å²) in [7, 11) is 0. The lowest BCUT2D eigenvalue weighted by Gasteiger charge is -2.19. The average molecular weight is 331 g/mol. The van der Waals surface area contributed by atoms with Crippen molar-refractivity contribution in [3.63, 3.8) is 0 Å². The van der Waals surface area contributed by atoms with Crippen LogP contribution in [0.15, 0.2) is 90.0 Å². The predicted octanol–water partition coefficient (Wildman–Crippen LogP) is 4.64. The lowest BCUT2D eigenvalue weighted by atomic mass is 10.2. The van der Waals surface area contributed by atoms with Gasteiger partial charge in [0.25, 0.3) is 5.69 Å². The van der Waals surface area contributed by atoms with E-state index in [-0.39, 0.29) is 5.69 Å². The molecule has 3 rings (SSSR count). The molecule has 5 heteroatoms. The van der Waals surface area contributed by atoms with E-state index in [1.54, 1.807) is 18.3 Å². The molecular weight excluding hydrogens is 314 g/mol. The van der Waals surface area contributed by atoms with Crippen LogP contribution in [0, 0.1) is 10.1 Å². The second kappa shape index (κ2) is 7.88. The van der Waals surface area contributed by atoms with E-state index in [4.69, 9.17) is 0 Å². The number of non-ortho nitro benzene ring substituents is 1. The van der Waals surface area contributed by atoms with Crippen LogP contribution in [0.3, 0.4) is 0 Å². The van der Waals surface area contributed by atoms with E-state index in [1.807, 2.05) is 65.7 Å². The van der Waals surface area contributed by atoms with Gasteiger partial charge in [-0.25, -0.2) is 0 Å². The second-order valence-electron chi connectivity index (χ2n) is 5.48. The summed E-state index contributed by atoms with van der Waals surface area (Å²) in [4.78, 5) is 10.5. The fraction of sp³-hybridized carbons (Fsp3) is 0.0500. The highest BCUT2D eigenvalue weighted by molar-refractivity contribution is 5.81. The molecule has 0 radical (unpaired) electrons. The van der Waals surface area contributed by atoms with E-state index in [1.165, 1.54) is 12.1 Å². The molecule has 0 fully saturated rings. The summed E-state index contributed by atoms with van der Waals surface area (Å²) in [5.74, 6) is 0. The van der Waals surface area contributed by atoms with Crippen molar-refractivity contribution in [3.8, 4) is 0 Å². The van der Waals surface area contributed by atoms with Gasteiger partial charge in [0.2, 0.25) is 0 Å². The summed E-state index contributed by atoms with van der Waals surface area (Å²) < 4.78 is 0. The van der Waals surface area contributed by atoms with Crippen LogP contribution < -0.4 is 5.01 Å². The van der Waals surface area contributed by atoms with Crippen LogP contribution in [0.25, 0.3) is 0 Å². The van der Waals surface area contributed by atoms with Gasteiger partial charge in [-0.05, 0) is 17.7 Å². The Hall–Kier alpha value is -3.47. The van der Waals surface area contributed by atoms with Crippen molar-refractivity contribution in [2.45, 2.75) is 6.54 Å². The van der Waals surface area contributed by atoms with Crippen molar-refractivity contribution in [2.75, 3.05) is 5.01 Å². The van der Waals surface area contributed by atoms with Gasteiger partial charge in [0, 0.05) is 17.7 Å². The Balaban J connectivity index is 1.87. The van der Waals surface area contributed by atoms with Gasteiger partial charge in [0.05, 0.1) is 23.4 Å². The van der Waals surface area contributed by atoms with E-state index in [2.05, 4.69) is 5.10 Å². The summed E-state index contributed by atoms with van der Waals surface area (Å²) in [6.07, 6.45) is 1.64. The van der Waals surface area contributed by atoms with Gasteiger partial charge in [-0.3, -0.25) is 15.1 Å². The minimum atomic E-state index is -0.406. The van der Waals surface area contributed by atoms with Crippen LogP contribution in [-0.4, -0.2) is 11.1 Å². The Bertz CT molecular complexity index is 864. The molecule has 0 aliphatic rings. The Labute approximate surface area is 146 Å². The van der Waals surface area contributed by atoms with E-state index in [0.29, 0.717) is 12.1 Å². The van der Waals surface area contributed by atoms with Gasteiger partial charge in [0.1, 0.15) is 0 Å². The average Bonchev–Trinajstić information content (AvgIpc) is 2.67. The molecule has 5 nitrogen and oxygen atoms in total. The van der Waals surface area contributed by atoms with E-state index in [9.17, 15) is 10.1 Å². The predicted molar refractivity (Wildman–Crippen MR) is 99.8 cm³/mol. The van der Waals surface area contributed by atoms with Gasteiger partial charge >= 0.3 is 0 Å². The SMILES string of the molecule is O=[N+]([O-])c1cccc(C=NN(Cc2ccccc2)c2ccccc2)c1. The van der Waals surface area contributed by atoms with Crippen molar-refractivity contribution >= 4 is 17.6 Å². The highest BCUT2D eigenvalue weighted by Gasteiger charge is 2.07. The van der Waals surface area contributed by atoms with Crippen molar-refractivity contribution in [1.82, 2.24) is 0 Å². The Morgan fingerprint density at radius 3 is 2.28 bits per heavy atom. The van der Waals surface area contributed by atoms with Gasteiger partial charge in [-0.1, -0.05) is 60.7 Å². The van der Waals surface area contributed by atoms with Crippen LogP contribution in [0.5, 0.6) is 0 Å². The monoisotopic (exact) mass is 331 g/mol. The summed E-state index contributed by atoms with van der Waals surface area (Å²) in [5, 5.41) is 17.3. The third-order valence-electron chi connectivity index (χ3n) is 3.66. The van der Waals surface area contributed by atoms with Crippen LogP contribution >= 0.6 is 0 Å². The van der Waals surface area contributed by atoms with Gasteiger partial charge < -0.3 is 0 Å². The number of hydrogen-bond acceptors (Lipinski definition) is 4. The number of anilines is 1. The molecule has 0 aliphatic heterocycles. The van der Waals surface area contributed by atoms with E-state index in [0.717, 1.165) is 11.3 Å². The highest BCUT2D eigenvalue weighted by atomic mass is 16.6. The molecule has 0 saturated carbocycles. The molecule has 3 aromatic rings.